The number of nitrogens with zero attached hydrogens (tertiary/aromatic N) is 4. The Balaban J connectivity index is 1.32. The number of methoxy groups -OCH3 is 1. The molecule has 0 bridgehead atoms. The molecule has 45 heavy (non-hydrogen) atoms. The quantitative estimate of drug-likeness (QED) is 0.192. The molecular weight excluding hydrogens is 562 g/mol. The van der Waals surface area contributed by atoms with Crippen LogP contribution in [-0.2, 0) is 22.4 Å². The van der Waals surface area contributed by atoms with Gasteiger partial charge in [0, 0.05) is 73.4 Å². The summed E-state index contributed by atoms with van der Waals surface area (Å²) in [7, 11) is 1.64. The first-order valence-electron chi connectivity index (χ1n) is 15.8. The first-order valence-corrected chi connectivity index (χ1v) is 15.8. The van der Waals surface area contributed by atoms with E-state index in [1.54, 1.807) is 7.11 Å². The molecule has 1 N–H and O–H groups in total. The maximum atomic E-state index is 12.3. The maximum absolute atomic E-state index is 12.3. The van der Waals surface area contributed by atoms with Gasteiger partial charge in [-0.3, -0.25) is 4.79 Å². The van der Waals surface area contributed by atoms with E-state index in [-0.39, 0.29) is 12.2 Å². The number of ether oxygens (including phenoxy) is 2. The number of allylic oxidation sites excluding steroid dienone is 1. The summed E-state index contributed by atoms with van der Waals surface area (Å²) in [5.74, 6) is 1.13. The number of hydrogen-bond acceptors (Lipinski definition) is 8. The molecule has 0 aliphatic carbocycles. The van der Waals surface area contributed by atoms with Crippen LogP contribution < -0.4 is 19.9 Å². The minimum Gasteiger partial charge on any atom is -0.497 e. The van der Waals surface area contributed by atoms with E-state index in [0.717, 1.165) is 73.0 Å². The first kappa shape index (κ1) is 30.3. The molecule has 0 spiro atoms. The Morgan fingerprint density at radius 1 is 0.933 bits per heavy atom. The van der Waals surface area contributed by atoms with E-state index in [0.29, 0.717) is 18.1 Å². The van der Waals surface area contributed by atoms with Crippen molar-refractivity contribution in [3.05, 3.63) is 102 Å². The Bertz CT molecular complexity index is 1630. The summed E-state index contributed by atoms with van der Waals surface area (Å²) < 4.78 is 11.2. The lowest BCUT2D eigenvalue weighted by Crippen LogP contribution is -2.36. The molecule has 3 heterocycles. The fraction of sp³-hybridized carbons (Fsp3) is 0.324. The second kappa shape index (κ2) is 14.4. The largest absolute Gasteiger partial charge is 0.497 e. The molecule has 2 fully saturated rings. The number of rotatable bonds is 11. The molecule has 0 radical (unpaired) electrons. The molecule has 2 saturated heterocycles. The van der Waals surface area contributed by atoms with Gasteiger partial charge in [-0.25, -0.2) is 9.97 Å². The Kier molecular flexibility index (Phi) is 9.71. The molecule has 4 aromatic rings. The standard InChI is InChI=1S/C37H41N5O3/c1-3-34(43)22-28-21-29(24-35(23-28)44-2)36-30(20-27-10-12-32(13-11-27)42-16-18-45-19-17-42)26-38-37(40-36)39-31-8-7-9-33(25-31)41-14-5-4-6-15-41/h3,7-13,21,23-26H,1,4-6,14-20,22H2,2H3,(H,38,39,40). The Morgan fingerprint density at radius 2 is 1.71 bits per heavy atom. The smallest absolute Gasteiger partial charge is 0.227 e. The van der Waals surface area contributed by atoms with Crippen LogP contribution in [0, 0.1) is 0 Å². The second-order valence-corrected chi connectivity index (χ2v) is 11.7. The fourth-order valence-electron chi connectivity index (χ4n) is 6.06. The Labute approximate surface area is 265 Å². The minimum atomic E-state index is -0.0478. The van der Waals surface area contributed by atoms with E-state index in [1.165, 1.54) is 36.7 Å². The van der Waals surface area contributed by atoms with Crippen molar-refractivity contribution in [2.24, 2.45) is 0 Å². The zero-order chi connectivity index (χ0) is 31.0. The highest BCUT2D eigenvalue weighted by Gasteiger charge is 2.16. The third kappa shape index (κ3) is 7.70. The molecule has 1 aromatic heterocycles. The number of aromatic nitrogens is 2. The molecule has 8 heteroatoms. The van der Waals surface area contributed by atoms with Gasteiger partial charge >= 0.3 is 0 Å². The van der Waals surface area contributed by atoms with Gasteiger partial charge in [0.15, 0.2) is 5.78 Å². The van der Waals surface area contributed by atoms with Gasteiger partial charge in [-0.2, -0.15) is 0 Å². The van der Waals surface area contributed by atoms with E-state index >= 15 is 0 Å². The van der Waals surface area contributed by atoms with Crippen LogP contribution in [0.1, 0.15) is 36.0 Å². The molecule has 0 saturated carbocycles. The lowest BCUT2D eigenvalue weighted by Gasteiger charge is -2.29. The van der Waals surface area contributed by atoms with Crippen molar-refractivity contribution in [3.8, 4) is 17.0 Å². The topological polar surface area (TPSA) is 79.8 Å². The molecule has 2 aliphatic heterocycles. The lowest BCUT2D eigenvalue weighted by atomic mass is 9.97. The number of carbonyl (C=O) groups excluding carboxylic acids is 1. The van der Waals surface area contributed by atoms with Gasteiger partial charge in [-0.05, 0) is 85.0 Å². The molecule has 6 rings (SSSR count). The Morgan fingerprint density at radius 3 is 2.47 bits per heavy atom. The second-order valence-electron chi connectivity index (χ2n) is 11.7. The van der Waals surface area contributed by atoms with E-state index in [4.69, 9.17) is 19.4 Å². The molecule has 0 unspecified atom stereocenters. The zero-order valence-corrected chi connectivity index (χ0v) is 26.0. The van der Waals surface area contributed by atoms with Crippen LogP contribution in [0.2, 0.25) is 0 Å². The van der Waals surface area contributed by atoms with Crippen LogP contribution in [0.5, 0.6) is 5.75 Å². The zero-order valence-electron chi connectivity index (χ0n) is 26.0. The van der Waals surface area contributed by atoms with Crippen molar-refractivity contribution in [1.29, 1.82) is 0 Å². The van der Waals surface area contributed by atoms with Crippen molar-refractivity contribution in [2.45, 2.75) is 32.1 Å². The Hall–Kier alpha value is -4.69. The highest BCUT2D eigenvalue weighted by Crippen LogP contribution is 2.31. The van der Waals surface area contributed by atoms with Gasteiger partial charge in [-0.1, -0.05) is 24.8 Å². The summed E-state index contributed by atoms with van der Waals surface area (Å²) in [6, 6.07) is 23.0. The van der Waals surface area contributed by atoms with Crippen LogP contribution in [0.15, 0.2) is 85.6 Å². The van der Waals surface area contributed by atoms with Gasteiger partial charge in [0.2, 0.25) is 5.95 Å². The minimum absolute atomic E-state index is 0.0478. The SMILES string of the molecule is C=CC(=O)Cc1cc(OC)cc(-c2nc(Nc3cccc(N4CCCCC4)c3)ncc2Cc2ccc(N3CCOCC3)cc2)c1. The average molecular weight is 604 g/mol. The highest BCUT2D eigenvalue weighted by molar-refractivity contribution is 5.91. The summed E-state index contributed by atoms with van der Waals surface area (Å²) in [5.41, 5.74) is 8.01. The van der Waals surface area contributed by atoms with Gasteiger partial charge in [-0.15, -0.1) is 0 Å². The molecule has 0 amide bonds. The van der Waals surface area contributed by atoms with Gasteiger partial charge in [0.05, 0.1) is 26.0 Å². The molecular formula is C37H41N5O3. The maximum Gasteiger partial charge on any atom is 0.227 e. The van der Waals surface area contributed by atoms with Crippen LogP contribution in [-0.4, -0.2) is 62.3 Å². The third-order valence-corrected chi connectivity index (χ3v) is 8.48. The normalized spacial score (nSPS) is 15.0. The first-order chi connectivity index (χ1) is 22.1. The number of anilines is 4. The van der Waals surface area contributed by atoms with Crippen molar-refractivity contribution < 1.29 is 14.3 Å². The van der Waals surface area contributed by atoms with Gasteiger partial charge in [0.25, 0.3) is 0 Å². The van der Waals surface area contributed by atoms with Crippen molar-refractivity contribution in [3.63, 3.8) is 0 Å². The summed E-state index contributed by atoms with van der Waals surface area (Å²) in [6.45, 7) is 9.12. The number of carbonyl (C=O) groups is 1. The monoisotopic (exact) mass is 603 g/mol. The number of nitrogens with one attached hydrogen (secondary N) is 1. The molecule has 0 atom stereocenters. The number of hydrogen-bond donors (Lipinski definition) is 1. The summed E-state index contributed by atoms with van der Waals surface area (Å²) in [6.07, 6.45) is 7.90. The molecule has 2 aliphatic rings. The van der Waals surface area contributed by atoms with Gasteiger partial charge < -0.3 is 24.6 Å². The predicted octanol–water partition coefficient (Wildman–Crippen LogP) is 6.61. The number of piperidine rings is 1. The van der Waals surface area contributed by atoms with Crippen LogP contribution in [0.4, 0.5) is 23.0 Å². The van der Waals surface area contributed by atoms with E-state index in [1.807, 2.05) is 30.5 Å². The van der Waals surface area contributed by atoms with Crippen molar-refractivity contribution in [1.82, 2.24) is 9.97 Å². The summed E-state index contributed by atoms with van der Waals surface area (Å²) in [5, 5.41) is 3.45. The molecule has 8 nitrogen and oxygen atoms in total. The summed E-state index contributed by atoms with van der Waals surface area (Å²) >= 11 is 0. The van der Waals surface area contributed by atoms with Crippen LogP contribution in [0.3, 0.4) is 0 Å². The highest BCUT2D eigenvalue weighted by atomic mass is 16.5. The van der Waals surface area contributed by atoms with Crippen molar-refractivity contribution in [2.75, 3.05) is 61.6 Å². The van der Waals surface area contributed by atoms with Crippen LogP contribution >= 0.6 is 0 Å². The lowest BCUT2D eigenvalue weighted by molar-refractivity contribution is -0.114. The number of morpholine rings is 1. The van der Waals surface area contributed by atoms with Crippen molar-refractivity contribution >= 4 is 28.8 Å². The third-order valence-electron chi connectivity index (χ3n) is 8.48. The average Bonchev–Trinajstić information content (AvgIpc) is 3.10. The molecule has 3 aromatic carbocycles. The van der Waals surface area contributed by atoms with E-state index in [9.17, 15) is 4.79 Å². The number of ketones is 1. The summed E-state index contributed by atoms with van der Waals surface area (Å²) in [4.78, 5) is 26.9. The number of benzene rings is 3. The fourth-order valence-corrected chi connectivity index (χ4v) is 6.06. The van der Waals surface area contributed by atoms with Gasteiger partial charge in [0.1, 0.15) is 5.75 Å². The molecule has 232 valence electrons. The van der Waals surface area contributed by atoms with E-state index in [2.05, 4.69) is 64.2 Å². The van der Waals surface area contributed by atoms with E-state index < -0.39 is 0 Å². The predicted molar refractivity (Wildman–Crippen MR) is 181 cm³/mol. The van der Waals surface area contributed by atoms with Crippen LogP contribution in [0.25, 0.3) is 11.3 Å².